The van der Waals surface area contributed by atoms with Gasteiger partial charge < -0.3 is 5.11 Å². The van der Waals surface area contributed by atoms with Crippen LogP contribution in [0.1, 0.15) is 19.4 Å². The van der Waals surface area contributed by atoms with Crippen molar-refractivity contribution >= 4 is 16.9 Å². The van der Waals surface area contributed by atoms with E-state index >= 15 is 0 Å². The minimum Gasteiger partial charge on any atom is -0.508 e. The highest BCUT2D eigenvalue weighted by Crippen LogP contribution is 2.17. The number of phenolic OH excluding ortho intramolecular Hbond substituents is 1. The first-order chi connectivity index (χ1) is 7.13. The van der Waals surface area contributed by atoms with Crippen LogP contribution in [-0.2, 0) is 11.2 Å². The highest BCUT2D eigenvalue weighted by molar-refractivity contribution is 8.13. The molecule has 3 heteroatoms. The summed E-state index contributed by atoms with van der Waals surface area (Å²) in [6.07, 6.45) is 0.742. The molecule has 0 aliphatic heterocycles. The first-order valence-electron chi connectivity index (χ1n) is 5.08. The molecular weight excluding hydrogens is 208 g/mol. The zero-order valence-electron chi connectivity index (χ0n) is 9.06. The molecule has 0 bridgehead atoms. The van der Waals surface area contributed by atoms with Crippen molar-refractivity contribution < 1.29 is 9.90 Å². The second kappa shape index (κ2) is 5.81. The highest BCUT2D eigenvalue weighted by atomic mass is 32.2. The lowest BCUT2D eigenvalue weighted by Gasteiger charge is -2.09. The maximum absolute atomic E-state index is 11.5. The maximum Gasteiger partial charge on any atom is 0.192 e. The van der Waals surface area contributed by atoms with Crippen molar-refractivity contribution in [3.8, 4) is 5.75 Å². The predicted octanol–water partition coefficient (Wildman–Crippen LogP) is 2.85. The maximum atomic E-state index is 11.5. The zero-order chi connectivity index (χ0) is 11.3. The third kappa shape index (κ3) is 3.96. The third-order valence-corrected chi connectivity index (χ3v) is 3.14. The molecule has 0 radical (unpaired) electrons. The van der Waals surface area contributed by atoms with Crippen molar-refractivity contribution in [1.82, 2.24) is 0 Å². The lowest BCUT2D eigenvalue weighted by Crippen LogP contribution is -2.10. The van der Waals surface area contributed by atoms with Crippen LogP contribution in [0.4, 0.5) is 0 Å². The van der Waals surface area contributed by atoms with Crippen molar-refractivity contribution in [3.05, 3.63) is 29.8 Å². The normalized spacial score (nSPS) is 12.4. The van der Waals surface area contributed by atoms with Gasteiger partial charge >= 0.3 is 0 Å². The monoisotopic (exact) mass is 224 g/mol. The van der Waals surface area contributed by atoms with Gasteiger partial charge in [-0.2, -0.15) is 0 Å². The van der Waals surface area contributed by atoms with Crippen LogP contribution in [0.3, 0.4) is 0 Å². The average Bonchev–Trinajstić information content (AvgIpc) is 2.22. The Balaban J connectivity index is 2.54. The van der Waals surface area contributed by atoms with E-state index in [4.69, 9.17) is 5.11 Å². The summed E-state index contributed by atoms with van der Waals surface area (Å²) >= 11 is 1.37. The molecule has 1 unspecified atom stereocenters. The number of thioether (sulfide) groups is 1. The summed E-state index contributed by atoms with van der Waals surface area (Å²) in [5, 5.41) is 9.35. The van der Waals surface area contributed by atoms with Gasteiger partial charge in [0.1, 0.15) is 5.75 Å². The molecule has 1 aromatic carbocycles. The van der Waals surface area contributed by atoms with Crippen LogP contribution >= 0.6 is 11.8 Å². The number of hydrogen-bond donors (Lipinski definition) is 1. The van der Waals surface area contributed by atoms with Crippen LogP contribution in [0, 0.1) is 5.92 Å². The molecule has 0 aliphatic rings. The number of phenols is 1. The van der Waals surface area contributed by atoms with Crippen molar-refractivity contribution in [2.45, 2.75) is 20.3 Å². The fourth-order valence-electron chi connectivity index (χ4n) is 1.35. The standard InChI is InChI=1S/C12H16O2S/c1-3-15-12(14)9(2)8-10-4-6-11(13)7-5-10/h4-7,9,13H,3,8H2,1-2H3. The number of aromatic hydroxyl groups is 1. The molecule has 1 rings (SSSR count). The van der Waals surface area contributed by atoms with Crippen LogP contribution in [0.25, 0.3) is 0 Å². The van der Waals surface area contributed by atoms with E-state index in [0.717, 1.165) is 17.7 Å². The van der Waals surface area contributed by atoms with Gasteiger partial charge in [-0.1, -0.05) is 37.7 Å². The summed E-state index contributed by atoms with van der Waals surface area (Å²) in [6.45, 7) is 3.92. The molecule has 0 spiro atoms. The molecule has 0 aromatic heterocycles. The molecular formula is C12H16O2S. The number of benzene rings is 1. The molecule has 0 saturated carbocycles. The van der Waals surface area contributed by atoms with Gasteiger partial charge in [0.25, 0.3) is 0 Å². The molecule has 2 nitrogen and oxygen atoms in total. The van der Waals surface area contributed by atoms with E-state index in [9.17, 15) is 4.79 Å². The molecule has 0 fully saturated rings. The fraction of sp³-hybridized carbons (Fsp3) is 0.417. The topological polar surface area (TPSA) is 37.3 Å². The van der Waals surface area contributed by atoms with Crippen LogP contribution in [0.2, 0.25) is 0 Å². The van der Waals surface area contributed by atoms with Crippen molar-refractivity contribution in [3.63, 3.8) is 0 Å². The van der Waals surface area contributed by atoms with E-state index in [1.807, 2.05) is 26.0 Å². The number of hydrogen-bond acceptors (Lipinski definition) is 3. The second-order valence-corrected chi connectivity index (χ2v) is 4.79. The Kier molecular flexibility index (Phi) is 4.69. The van der Waals surface area contributed by atoms with Gasteiger partial charge in [0, 0.05) is 5.92 Å². The van der Waals surface area contributed by atoms with Gasteiger partial charge in [0.2, 0.25) is 0 Å². The Morgan fingerprint density at radius 2 is 2.00 bits per heavy atom. The van der Waals surface area contributed by atoms with Crippen molar-refractivity contribution in [2.24, 2.45) is 5.92 Å². The van der Waals surface area contributed by atoms with Gasteiger partial charge in [0.05, 0.1) is 0 Å². The minimum absolute atomic E-state index is 0.0412. The van der Waals surface area contributed by atoms with Crippen LogP contribution < -0.4 is 0 Å². The SMILES string of the molecule is CCSC(=O)C(C)Cc1ccc(O)cc1. The number of carbonyl (C=O) groups excluding carboxylic acids is 1. The Hall–Kier alpha value is -0.960. The largest absolute Gasteiger partial charge is 0.508 e. The van der Waals surface area contributed by atoms with Gasteiger partial charge in [-0.15, -0.1) is 0 Å². The molecule has 1 aromatic rings. The molecule has 0 aliphatic carbocycles. The van der Waals surface area contributed by atoms with E-state index in [-0.39, 0.29) is 16.8 Å². The van der Waals surface area contributed by atoms with Crippen LogP contribution in [-0.4, -0.2) is 16.0 Å². The molecule has 0 amide bonds. The van der Waals surface area contributed by atoms with Crippen molar-refractivity contribution in [2.75, 3.05) is 5.75 Å². The third-order valence-electron chi connectivity index (χ3n) is 2.17. The molecule has 1 atom stereocenters. The van der Waals surface area contributed by atoms with Gasteiger partial charge in [0.15, 0.2) is 5.12 Å². The van der Waals surface area contributed by atoms with E-state index in [1.165, 1.54) is 11.8 Å². The summed E-state index contributed by atoms with van der Waals surface area (Å²) in [5.74, 6) is 1.14. The summed E-state index contributed by atoms with van der Waals surface area (Å²) in [5.41, 5.74) is 1.09. The zero-order valence-corrected chi connectivity index (χ0v) is 9.88. The van der Waals surface area contributed by atoms with E-state index in [1.54, 1.807) is 12.1 Å². The predicted molar refractivity (Wildman–Crippen MR) is 64.1 cm³/mol. The molecule has 15 heavy (non-hydrogen) atoms. The molecule has 0 heterocycles. The quantitative estimate of drug-likeness (QED) is 0.854. The fourth-order valence-corrected chi connectivity index (χ4v) is 2.01. The summed E-state index contributed by atoms with van der Waals surface area (Å²) < 4.78 is 0. The summed E-state index contributed by atoms with van der Waals surface area (Å²) in [4.78, 5) is 11.5. The average molecular weight is 224 g/mol. The molecule has 82 valence electrons. The lowest BCUT2D eigenvalue weighted by atomic mass is 10.0. The van der Waals surface area contributed by atoms with Gasteiger partial charge in [-0.25, -0.2) is 0 Å². The smallest absolute Gasteiger partial charge is 0.192 e. The Morgan fingerprint density at radius 1 is 1.40 bits per heavy atom. The van der Waals surface area contributed by atoms with Gasteiger partial charge in [-0.05, 0) is 29.9 Å². The van der Waals surface area contributed by atoms with Crippen LogP contribution in [0.5, 0.6) is 5.75 Å². The first-order valence-corrected chi connectivity index (χ1v) is 6.06. The lowest BCUT2D eigenvalue weighted by molar-refractivity contribution is -0.113. The minimum atomic E-state index is 0.0412. The van der Waals surface area contributed by atoms with Crippen LogP contribution in [0.15, 0.2) is 24.3 Å². The Labute approximate surface area is 94.7 Å². The van der Waals surface area contributed by atoms with E-state index in [2.05, 4.69) is 0 Å². The number of rotatable bonds is 4. The summed E-state index contributed by atoms with van der Waals surface area (Å²) in [7, 11) is 0. The van der Waals surface area contributed by atoms with E-state index in [0.29, 0.717) is 0 Å². The second-order valence-electron chi connectivity index (χ2n) is 3.52. The summed E-state index contributed by atoms with van der Waals surface area (Å²) in [6, 6.07) is 7.02. The first kappa shape index (κ1) is 12.1. The van der Waals surface area contributed by atoms with Crippen molar-refractivity contribution in [1.29, 1.82) is 0 Å². The Morgan fingerprint density at radius 3 is 2.53 bits per heavy atom. The Bertz CT molecular complexity index is 319. The molecule has 0 saturated heterocycles. The number of carbonyl (C=O) groups is 1. The van der Waals surface area contributed by atoms with E-state index < -0.39 is 0 Å². The highest BCUT2D eigenvalue weighted by Gasteiger charge is 2.12. The van der Waals surface area contributed by atoms with Gasteiger partial charge in [-0.3, -0.25) is 4.79 Å². The molecule has 1 N–H and O–H groups in total.